The van der Waals surface area contributed by atoms with Crippen molar-refractivity contribution in [3.63, 3.8) is 0 Å². The van der Waals surface area contributed by atoms with Crippen LogP contribution < -0.4 is 26.4 Å². The Bertz CT molecular complexity index is 957. The third-order valence-corrected chi connectivity index (χ3v) is 6.94. The van der Waals surface area contributed by atoms with Gasteiger partial charge in [0.1, 0.15) is 28.4 Å². The van der Waals surface area contributed by atoms with E-state index >= 15 is 0 Å². The highest BCUT2D eigenvalue weighted by Crippen LogP contribution is 2.52. The zero-order valence-corrected chi connectivity index (χ0v) is 17.6. The van der Waals surface area contributed by atoms with Gasteiger partial charge < -0.3 is 26.4 Å². The van der Waals surface area contributed by atoms with Gasteiger partial charge in [-0.05, 0) is 44.0 Å². The molecule has 0 spiro atoms. The lowest BCUT2D eigenvalue weighted by Crippen LogP contribution is -2.32. The number of carbonyl (C=O) groups is 1. The minimum Gasteiger partial charge on any atom is -0.481 e. The molecule has 3 heterocycles. The number of nitrogens with one attached hydrogen (secondary N) is 1. The molecule has 7 nitrogen and oxygen atoms in total. The molecule has 0 radical (unpaired) electrons. The number of ether oxygens (including phenoxy) is 1. The first-order valence-electron chi connectivity index (χ1n) is 9.45. The van der Waals surface area contributed by atoms with Crippen molar-refractivity contribution in [3.8, 4) is 5.06 Å². The van der Waals surface area contributed by atoms with Crippen molar-refractivity contribution >= 4 is 34.9 Å². The van der Waals surface area contributed by atoms with E-state index in [1.807, 2.05) is 0 Å². The van der Waals surface area contributed by atoms with Gasteiger partial charge in [-0.15, -0.1) is 0 Å². The maximum absolute atomic E-state index is 14.6. The molecule has 1 saturated heterocycles. The molecule has 30 heavy (non-hydrogen) atoms. The molecule has 0 saturated carbocycles. The molecule has 5 N–H and O–H groups in total. The van der Waals surface area contributed by atoms with E-state index in [1.54, 1.807) is 0 Å². The molecule has 1 aromatic heterocycles. The number of piperidine rings is 1. The summed E-state index contributed by atoms with van der Waals surface area (Å²) in [7, 11) is 0. The SMILES string of the molecule is NC(=O)C1=C(N)SC(c2c(F)cccc2F)N1c1cnsc1OCC1CCNCC1. The molecule has 0 aliphatic carbocycles. The molecule has 11 heteroatoms. The highest BCUT2D eigenvalue weighted by atomic mass is 32.2. The summed E-state index contributed by atoms with van der Waals surface area (Å²) in [6.07, 6.45) is 3.49. The van der Waals surface area contributed by atoms with Crippen molar-refractivity contribution in [1.82, 2.24) is 9.69 Å². The van der Waals surface area contributed by atoms with Crippen molar-refractivity contribution in [1.29, 1.82) is 0 Å². The molecular formula is C19H21F2N5O2S2. The predicted molar refractivity (Wildman–Crippen MR) is 113 cm³/mol. The minimum absolute atomic E-state index is 0.0282. The minimum atomic E-state index is -0.952. The van der Waals surface area contributed by atoms with Crippen LogP contribution in [0.1, 0.15) is 23.8 Å². The zero-order valence-electron chi connectivity index (χ0n) is 15.9. The summed E-state index contributed by atoms with van der Waals surface area (Å²) in [6, 6.07) is 3.61. The Morgan fingerprint density at radius 2 is 2.00 bits per heavy atom. The van der Waals surface area contributed by atoms with Crippen LogP contribution >= 0.6 is 23.3 Å². The van der Waals surface area contributed by atoms with Gasteiger partial charge in [0.15, 0.2) is 0 Å². The average Bonchev–Trinajstić information content (AvgIpc) is 3.30. The number of nitrogens with zero attached hydrogens (tertiary/aromatic N) is 2. The fraction of sp³-hybridized carbons (Fsp3) is 0.368. The molecule has 1 unspecified atom stereocenters. The van der Waals surface area contributed by atoms with Crippen LogP contribution in [0.3, 0.4) is 0 Å². The van der Waals surface area contributed by atoms with Crippen LogP contribution in [-0.4, -0.2) is 30.0 Å². The van der Waals surface area contributed by atoms with Gasteiger partial charge in [-0.3, -0.25) is 4.79 Å². The molecule has 2 aromatic rings. The van der Waals surface area contributed by atoms with E-state index in [0.717, 1.165) is 61.4 Å². The summed E-state index contributed by atoms with van der Waals surface area (Å²) < 4.78 is 39.3. The van der Waals surface area contributed by atoms with E-state index in [0.29, 0.717) is 23.3 Å². The van der Waals surface area contributed by atoms with Gasteiger partial charge in [-0.1, -0.05) is 17.8 Å². The number of carbonyl (C=O) groups excluding carboxylic acids is 1. The number of hydrogen-bond donors (Lipinski definition) is 3. The number of rotatable bonds is 6. The third-order valence-electron chi connectivity index (χ3n) is 5.12. The number of nitrogens with two attached hydrogens (primary N) is 2. The van der Waals surface area contributed by atoms with Gasteiger partial charge in [-0.2, -0.15) is 4.37 Å². The van der Waals surface area contributed by atoms with E-state index in [1.165, 1.54) is 17.2 Å². The molecule has 0 bridgehead atoms. The molecule has 1 aromatic carbocycles. The van der Waals surface area contributed by atoms with Gasteiger partial charge in [0, 0.05) is 11.5 Å². The lowest BCUT2D eigenvalue weighted by molar-refractivity contribution is -0.114. The van der Waals surface area contributed by atoms with Gasteiger partial charge in [0.2, 0.25) is 5.06 Å². The van der Waals surface area contributed by atoms with E-state index in [9.17, 15) is 13.6 Å². The Labute approximate surface area is 180 Å². The molecule has 1 atom stereocenters. The molecule has 4 rings (SSSR count). The Hall–Kier alpha value is -2.37. The number of amides is 1. The highest BCUT2D eigenvalue weighted by molar-refractivity contribution is 8.03. The van der Waals surface area contributed by atoms with Gasteiger partial charge in [0.25, 0.3) is 5.91 Å². The van der Waals surface area contributed by atoms with E-state index in [4.69, 9.17) is 16.2 Å². The Morgan fingerprint density at radius 3 is 2.67 bits per heavy atom. The smallest absolute Gasteiger partial charge is 0.268 e. The standard InChI is InChI=1S/C19H21F2N5O2S2/c20-11-2-1-3-12(21)14(11)18-26(15(16(22)27)17(23)29-18)13-8-25-30-19(13)28-9-10-4-6-24-7-5-10/h1-3,8,10,18,24H,4-7,9,23H2,(H2,22,27). The van der Waals surface area contributed by atoms with Crippen LogP contribution in [0.2, 0.25) is 0 Å². The molecule has 1 amide bonds. The topological polar surface area (TPSA) is 106 Å². The van der Waals surface area contributed by atoms with E-state index in [2.05, 4.69) is 9.69 Å². The second-order valence-electron chi connectivity index (χ2n) is 7.06. The summed E-state index contributed by atoms with van der Waals surface area (Å²) in [4.78, 5) is 13.6. The quantitative estimate of drug-likeness (QED) is 0.617. The Balaban J connectivity index is 1.68. The van der Waals surface area contributed by atoms with Crippen LogP contribution in [0, 0.1) is 17.6 Å². The van der Waals surface area contributed by atoms with Crippen LogP contribution in [0.25, 0.3) is 0 Å². The largest absolute Gasteiger partial charge is 0.481 e. The second kappa shape index (κ2) is 8.78. The van der Waals surface area contributed by atoms with Gasteiger partial charge in [-0.25, -0.2) is 8.78 Å². The maximum Gasteiger partial charge on any atom is 0.268 e. The lowest BCUT2D eigenvalue weighted by Gasteiger charge is -2.28. The average molecular weight is 454 g/mol. The fourth-order valence-corrected chi connectivity index (χ4v) is 5.44. The van der Waals surface area contributed by atoms with Crippen molar-refractivity contribution in [3.05, 3.63) is 52.3 Å². The van der Waals surface area contributed by atoms with Crippen molar-refractivity contribution in [2.75, 3.05) is 24.6 Å². The second-order valence-corrected chi connectivity index (χ2v) is 8.94. The van der Waals surface area contributed by atoms with Crippen LogP contribution in [0.5, 0.6) is 5.06 Å². The molecule has 2 aliphatic rings. The fourth-order valence-electron chi connectivity index (χ4n) is 3.61. The first-order chi connectivity index (χ1) is 14.5. The summed E-state index contributed by atoms with van der Waals surface area (Å²) >= 11 is 2.06. The van der Waals surface area contributed by atoms with Crippen LogP contribution in [0.15, 0.2) is 35.1 Å². The maximum atomic E-state index is 14.6. The van der Waals surface area contributed by atoms with Crippen molar-refractivity contribution in [2.24, 2.45) is 17.4 Å². The zero-order chi connectivity index (χ0) is 21.3. The van der Waals surface area contributed by atoms with Crippen molar-refractivity contribution < 1.29 is 18.3 Å². The molecule has 1 fully saturated rings. The van der Waals surface area contributed by atoms with Crippen LogP contribution in [0.4, 0.5) is 14.5 Å². The molecule has 160 valence electrons. The Kier molecular flexibility index (Phi) is 6.11. The van der Waals surface area contributed by atoms with Crippen molar-refractivity contribution in [2.45, 2.75) is 18.2 Å². The summed E-state index contributed by atoms with van der Waals surface area (Å²) in [5.41, 5.74) is 11.8. The Morgan fingerprint density at radius 1 is 1.30 bits per heavy atom. The summed E-state index contributed by atoms with van der Waals surface area (Å²) in [5.74, 6) is -1.88. The number of aromatic nitrogens is 1. The van der Waals surface area contributed by atoms with E-state index < -0.39 is 22.9 Å². The number of anilines is 1. The number of hydrogen-bond acceptors (Lipinski definition) is 8. The van der Waals surface area contributed by atoms with Gasteiger partial charge in [0.05, 0.1) is 23.4 Å². The third kappa shape index (κ3) is 3.96. The van der Waals surface area contributed by atoms with E-state index in [-0.39, 0.29) is 16.3 Å². The molecule has 2 aliphatic heterocycles. The number of halogens is 2. The van der Waals surface area contributed by atoms with Crippen LogP contribution in [-0.2, 0) is 4.79 Å². The van der Waals surface area contributed by atoms with Gasteiger partial charge >= 0.3 is 0 Å². The normalized spacial score (nSPS) is 20.1. The first kappa shape index (κ1) is 20.9. The first-order valence-corrected chi connectivity index (χ1v) is 11.1. The lowest BCUT2D eigenvalue weighted by atomic mass is 9.99. The molecular weight excluding hydrogens is 432 g/mol. The number of benzene rings is 1. The monoisotopic (exact) mass is 453 g/mol. The predicted octanol–water partition coefficient (Wildman–Crippen LogP) is 2.66. The summed E-state index contributed by atoms with van der Waals surface area (Å²) in [6.45, 7) is 2.36. The summed E-state index contributed by atoms with van der Waals surface area (Å²) in [5, 5.41) is 2.89. The highest BCUT2D eigenvalue weighted by Gasteiger charge is 2.41. The number of primary amides is 1. The number of thioether (sulfide) groups is 1.